The third-order valence-corrected chi connectivity index (χ3v) is 6.77. The van der Waals surface area contributed by atoms with Gasteiger partial charge in [-0.1, -0.05) is 35.5 Å². The Morgan fingerprint density at radius 2 is 1.97 bits per heavy atom. The number of carbonyl (C=O) groups is 1. The molecule has 0 bridgehead atoms. The first-order valence-electron chi connectivity index (χ1n) is 12.4. The molecule has 0 spiro atoms. The number of anilines is 2. The first-order chi connectivity index (χ1) is 18.5. The van der Waals surface area contributed by atoms with Crippen LogP contribution in [0.1, 0.15) is 39.5 Å². The summed E-state index contributed by atoms with van der Waals surface area (Å²) in [4.78, 5) is 22.4. The van der Waals surface area contributed by atoms with Crippen molar-refractivity contribution in [2.75, 3.05) is 10.6 Å². The van der Waals surface area contributed by atoms with Gasteiger partial charge in [0.25, 0.3) is 5.91 Å². The molecule has 10 nitrogen and oxygen atoms in total. The van der Waals surface area contributed by atoms with E-state index in [1.54, 1.807) is 18.2 Å². The Morgan fingerprint density at radius 3 is 2.79 bits per heavy atom. The molecule has 0 fully saturated rings. The van der Waals surface area contributed by atoms with Crippen molar-refractivity contribution in [3.63, 3.8) is 0 Å². The molecule has 5 aromatic rings. The number of hydrogen-bond donors (Lipinski definition) is 4. The van der Waals surface area contributed by atoms with E-state index in [2.05, 4.69) is 15.8 Å². The maximum Gasteiger partial charge on any atom is 0.488 e. The monoisotopic (exact) mass is 508 g/mol. The van der Waals surface area contributed by atoms with E-state index in [1.165, 1.54) is 12.3 Å². The highest BCUT2D eigenvalue weighted by atomic mass is 16.5. The SMILES string of the molecule is Cc1cc2c(NC(=O)c3ccno3)cccc2n1-c1nc2c(c(NCc3cccc(B(O)O)c3)n1)CCC2. The van der Waals surface area contributed by atoms with Gasteiger partial charge in [0.2, 0.25) is 11.7 Å². The van der Waals surface area contributed by atoms with Crippen molar-refractivity contribution in [2.45, 2.75) is 32.7 Å². The minimum atomic E-state index is -1.51. The predicted molar refractivity (Wildman–Crippen MR) is 144 cm³/mol. The molecule has 4 N–H and O–H groups in total. The van der Waals surface area contributed by atoms with Gasteiger partial charge in [-0.2, -0.15) is 4.98 Å². The second kappa shape index (κ2) is 9.77. The zero-order chi connectivity index (χ0) is 26.2. The van der Waals surface area contributed by atoms with E-state index in [-0.39, 0.29) is 11.7 Å². The maximum atomic E-state index is 12.6. The Morgan fingerprint density at radius 1 is 1.11 bits per heavy atom. The molecule has 3 heterocycles. The fourth-order valence-corrected chi connectivity index (χ4v) is 4.97. The van der Waals surface area contributed by atoms with Gasteiger partial charge >= 0.3 is 7.12 Å². The quantitative estimate of drug-likeness (QED) is 0.246. The number of nitrogens with one attached hydrogen (secondary N) is 2. The van der Waals surface area contributed by atoms with E-state index >= 15 is 0 Å². The standard InChI is InChI=1S/C27H25BN6O4/c1-16-13-20-22(31-26(35)24-11-12-30-38-24)9-4-10-23(20)34(16)27-32-21-8-3-7-19(21)25(33-27)29-15-17-5-2-6-18(14-17)28(36)37/h2,4-6,9-14,36-37H,3,7-8,15H2,1H3,(H,31,35)(H,29,32,33). The molecule has 2 aromatic carbocycles. The van der Waals surface area contributed by atoms with E-state index in [0.717, 1.165) is 58.5 Å². The van der Waals surface area contributed by atoms with Crippen LogP contribution < -0.4 is 16.1 Å². The van der Waals surface area contributed by atoms with Crippen molar-refractivity contribution in [3.05, 3.63) is 89.1 Å². The van der Waals surface area contributed by atoms with E-state index in [9.17, 15) is 14.8 Å². The number of fused-ring (bicyclic) bond motifs is 2. The first-order valence-corrected chi connectivity index (χ1v) is 12.4. The molecule has 38 heavy (non-hydrogen) atoms. The van der Waals surface area contributed by atoms with Gasteiger partial charge in [0.1, 0.15) is 5.82 Å². The number of benzene rings is 2. The van der Waals surface area contributed by atoms with Crippen LogP contribution in [-0.2, 0) is 19.4 Å². The van der Waals surface area contributed by atoms with E-state index in [1.807, 2.05) is 41.8 Å². The summed E-state index contributed by atoms with van der Waals surface area (Å²) in [6.07, 6.45) is 4.22. The molecule has 1 amide bonds. The largest absolute Gasteiger partial charge is 0.488 e. The highest BCUT2D eigenvalue weighted by Gasteiger charge is 2.22. The van der Waals surface area contributed by atoms with Crippen LogP contribution in [0, 0.1) is 6.92 Å². The molecule has 1 aliphatic rings. The number of nitrogens with zero attached hydrogens (tertiary/aromatic N) is 4. The normalized spacial score (nSPS) is 12.5. The highest BCUT2D eigenvalue weighted by molar-refractivity contribution is 6.58. The Labute approximate surface area is 218 Å². The maximum absolute atomic E-state index is 12.6. The second-order valence-corrected chi connectivity index (χ2v) is 9.31. The molecule has 0 saturated heterocycles. The van der Waals surface area contributed by atoms with E-state index < -0.39 is 7.12 Å². The third-order valence-electron chi connectivity index (χ3n) is 6.77. The summed E-state index contributed by atoms with van der Waals surface area (Å²) in [7, 11) is -1.51. The van der Waals surface area contributed by atoms with E-state index in [4.69, 9.17) is 14.5 Å². The van der Waals surface area contributed by atoms with Crippen molar-refractivity contribution < 1.29 is 19.4 Å². The van der Waals surface area contributed by atoms with Gasteiger partial charge in [0.15, 0.2) is 0 Å². The van der Waals surface area contributed by atoms with Gasteiger partial charge in [-0.25, -0.2) is 4.98 Å². The Bertz CT molecular complexity index is 1650. The molecule has 0 aliphatic heterocycles. The predicted octanol–water partition coefficient (Wildman–Crippen LogP) is 2.75. The van der Waals surface area contributed by atoms with Gasteiger partial charge in [-0.05, 0) is 55.4 Å². The molecule has 1 aliphatic carbocycles. The molecular formula is C27H25BN6O4. The van der Waals surface area contributed by atoms with Gasteiger partial charge < -0.3 is 25.2 Å². The van der Waals surface area contributed by atoms with Crippen LogP contribution in [-0.4, -0.2) is 42.8 Å². The van der Waals surface area contributed by atoms with Crippen molar-refractivity contribution >= 4 is 40.9 Å². The van der Waals surface area contributed by atoms with Crippen molar-refractivity contribution in [3.8, 4) is 5.95 Å². The van der Waals surface area contributed by atoms with Crippen LogP contribution >= 0.6 is 0 Å². The lowest BCUT2D eigenvalue weighted by molar-refractivity contribution is 0.0988. The smallest absolute Gasteiger partial charge is 0.423 e. The number of aromatic nitrogens is 4. The molecule has 0 unspecified atom stereocenters. The molecular weight excluding hydrogens is 483 g/mol. The summed E-state index contributed by atoms with van der Waals surface area (Å²) >= 11 is 0. The number of amides is 1. The van der Waals surface area contributed by atoms with Crippen LogP contribution in [0.25, 0.3) is 16.9 Å². The second-order valence-electron chi connectivity index (χ2n) is 9.31. The molecule has 0 radical (unpaired) electrons. The topological polar surface area (TPSA) is 138 Å². The summed E-state index contributed by atoms with van der Waals surface area (Å²) < 4.78 is 6.98. The van der Waals surface area contributed by atoms with Crippen molar-refractivity contribution in [2.24, 2.45) is 0 Å². The zero-order valence-electron chi connectivity index (χ0n) is 20.7. The van der Waals surface area contributed by atoms with Crippen molar-refractivity contribution in [1.82, 2.24) is 19.7 Å². The lowest BCUT2D eigenvalue weighted by Gasteiger charge is -2.15. The number of carbonyl (C=O) groups excluding carboxylic acids is 1. The van der Waals surface area contributed by atoms with Crippen molar-refractivity contribution in [1.29, 1.82) is 0 Å². The highest BCUT2D eigenvalue weighted by Crippen LogP contribution is 2.32. The molecule has 190 valence electrons. The van der Waals surface area contributed by atoms with Crippen LogP contribution in [0.5, 0.6) is 0 Å². The molecule has 11 heteroatoms. The third kappa shape index (κ3) is 4.42. The van der Waals surface area contributed by atoms with Gasteiger partial charge in [-0.15, -0.1) is 0 Å². The Kier molecular flexibility index (Phi) is 6.14. The average molecular weight is 508 g/mol. The molecule has 0 saturated carbocycles. The van der Waals surface area contributed by atoms with Gasteiger partial charge in [-0.3, -0.25) is 9.36 Å². The van der Waals surface area contributed by atoms with E-state index in [0.29, 0.717) is 23.6 Å². The van der Waals surface area contributed by atoms with Crippen LogP contribution in [0.15, 0.2) is 65.3 Å². The summed E-state index contributed by atoms with van der Waals surface area (Å²) in [5, 5.41) is 29.8. The van der Waals surface area contributed by atoms with Crippen LogP contribution in [0.2, 0.25) is 0 Å². The molecule has 3 aromatic heterocycles. The van der Waals surface area contributed by atoms with Crippen LogP contribution in [0.4, 0.5) is 11.5 Å². The van der Waals surface area contributed by atoms with Gasteiger partial charge in [0.05, 0.1) is 23.1 Å². The number of hydrogen-bond acceptors (Lipinski definition) is 8. The number of rotatable bonds is 7. The summed E-state index contributed by atoms with van der Waals surface area (Å²) in [6, 6.07) is 16.4. The fraction of sp³-hybridized carbons (Fsp3) is 0.185. The minimum Gasteiger partial charge on any atom is -0.423 e. The fourth-order valence-electron chi connectivity index (χ4n) is 4.97. The lowest BCUT2D eigenvalue weighted by atomic mass is 9.79. The summed E-state index contributed by atoms with van der Waals surface area (Å²) in [5.41, 5.74) is 5.93. The molecule has 0 atom stereocenters. The first kappa shape index (κ1) is 23.9. The Balaban J connectivity index is 1.35. The number of aryl methyl sites for hydroxylation is 2. The Hall–Kier alpha value is -4.48. The lowest BCUT2D eigenvalue weighted by Crippen LogP contribution is -2.30. The minimum absolute atomic E-state index is 0.134. The van der Waals surface area contributed by atoms with Crippen LogP contribution in [0.3, 0.4) is 0 Å². The average Bonchev–Trinajstić information content (AvgIpc) is 3.67. The summed E-state index contributed by atoms with van der Waals surface area (Å²) in [6.45, 7) is 2.46. The summed E-state index contributed by atoms with van der Waals surface area (Å²) in [5.74, 6) is 1.08. The zero-order valence-corrected chi connectivity index (χ0v) is 20.7. The molecule has 6 rings (SSSR count). The van der Waals surface area contributed by atoms with Gasteiger partial charge in [0, 0.05) is 29.3 Å².